The number of fused-ring (bicyclic) bond motifs is 1. The number of pyridine rings is 1. The van der Waals surface area contributed by atoms with Crippen LogP contribution in [0.15, 0.2) is 36.8 Å². The molecule has 7 nitrogen and oxygen atoms in total. The lowest BCUT2D eigenvalue weighted by Crippen LogP contribution is -2.48. The van der Waals surface area contributed by atoms with Crippen molar-refractivity contribution in [2.75, 3.05) is 11.4 Å². The number of piperidine rings is 1. The summed E-state index contributed by atoms with van der Waals surface area (Å²) < 4.78 is 1.79. The van der Waals surface area contributed by atoms with Gasteiger partial charge in [0.15, 0.2) is 0 Å². The van der Waals surface area contributed by atoms with Gasteiger partial charge in [0.1, 0.15) is 0 Å². The molecule has 1 amide bonds. The molecule has 2 aliphatic heterocycles. The molecule has 0 spiro atoms. The fourth-order valence-corrected chi connectivity index (χ4v) is 3.78. The molecule has 2 aromatic rings. The van der Waals surface area contributed by atoms with Crippen LogP contribution in [0.25, 0.3) is 5.52 Å². The smallest absolute Gasteiger partial charge is 0.248 e. The number of nitrogens with zero attached hydrogens (tertiary/aromatic N) is 3. The standard InChI is InChI=1S/C18H23N5O2/c1-12-8-13(2-5-19-12)9-14-3-7-23-15(10-14)16(11-20-23)22-6-4-17(24)21-18(22)25/h3-4,6-7,10-13,18-19,25H,2,5,8-9H2,1H3,(H,21,24)/t12-,13+,18?/m0/s1. The van der Waals surface area contributed by atoms with E-state index in [9.17, 15) is 9.90 Å². The Morgan fingerprint density at radius 1 is 1.44 bits per heavy atom. The Balaban J connectivity index is 1.61. The molecule has 0 radical (unpaired) electrons. The minimum atomic E-state index is -1.08. The molecule has 132 valence electrons. The van der Waals surface area contributed by atoms with Crippen LogP contribution in [0.2, 0.25) is 0 Å². The summed E-state index contributed by atoms with van der Waals surface area (Å²) in [5, 5.41) is 20.5. The highest BCUT2D eigenvalue weighted by molar-refractivity contribution is 5.90. The lowest BCUT2D eigenvalue weighted by molar-refractivity contribution is -0.119. The van der Waals surface area contributed by atoms with Crippen molar-refractivity contribution in [2.24, 2.45) is 5.92 Å². The zero-order chi connectivity index (χ0) is 17.4. The van der Waals surface area contributed by atoms with Gasteiger partial charge in [-0.1, -0.05) is 0 Å². The number of aliphatic hydroxyl groups is 1. The maximum Gasteiger partial charge on any atom is 0.248 e. The van der Waals surface area contributed by atoms with Crippen LogP contribution in [0.5, 0.6) is 0 Å². The Morgan fingerprint density at radius 3 is 3.12 bits per heavy atom. The zero-order valence-electron chi connectivity index (χ0n) is 14.2. The summed E-state index contributed by atoms with van der Waals surface area (Å²) >= 11 is 0. The van der Waals surface area contributed by atoms with Crippen molar-refractivity contribution < 1.29 is 9.90 Å². The number of rotatable bonds is 3. The number of hydrogen-bond donors (Lipinski definition) is 3. The fraction of sp³-hybridized carbons (Fsp3) is 0.444. The van der Waals surface area contributed by atoms with Gasteiger partial charge in [0.05, 0.1) is 17.4 Å². The predicted molar refractivity (Wildman–Crippen MR) is 94.9 cm³/mol. The molecule has 2 aliphatic rings. The molecule has 0 saturated carbocycles. The van der Waals surface area contributed by atoms with Crippen LogP contribution < -0.4 is 15.5 Å². The zero-order valence-corrected chi connectivity index (χ0v) is 14.2. The molecular weight excluding hydrogens is 318 g/mol. The van der Waals surface area contributed by atoms with E-state index in [1.807, 2.05) is 6.20 Å². The molecule has 3 atom stereocenters. The summed E-state index contributed by atoms with van der Waals surface area (Å²) in [7, 11) is 0. The lowest BCUT2D eigenvalue weighted by Gasteiger charge is -2.29. The normalized spacial score (nSPS) is 26.9. The van der Waals surface area contributed by atoms with E-state index in [1.54, 1.807) is 21.8 Å². The van der Waals surface area contributed by atoms with E-state index < -0.39 is 6.35 Å². The first-order chi connectivity index (χ1) is 12.1. The molecule has 0 aliphatic carbocycles. The SMILES string of the molecule is C[C@H]1C[C@H](Cc2ccn3ncc(N4C=CC(=O)NC4O)c3c2)CCN1. The van der Waals surface area contributed by atoms with E-state index in [0.29, 0.717) is 12.0 Å². The third kappa shape index (κ3) is 3.25. The van der Waals surface area contributed by atoms with Crippen molar-refractivity contribution >= 4 is 17.1 Å². The van der Waals surface area contributed by atoms with Gasteiger partial charge in [0, 0.05) is 24.5 Å². The van der Waals surface area contributed by atoms with Crippen LogP contribution in [0.3, 0.4) is 0 Å². The van der Waals surface area contributed by atoms with Crippen LogP contribution in [0.1, 0.15) is 25.3 Å². The highest BCUT2D eigenvalue weighted by Gasteiger charge is 2.23. The maximum absolute atomic E-state index is 11.3. The number of amides is 1. The Morgan fingerprint density at radius 2 is 2.32 bits per heavy atom. The fourth-order valence-electron chi connectivity index (χ4n) is 3.78. The van der Waals surface area contributed by atoms with Crippen molar-refractivity contribution in [3.05, 3.63) is 42.4 Å². The molecule has 1 saturated heterocycles. The Hall–Kier alpha value is -2.38. The number of carbonyl (C=O) groups is 1. The molecule has 3 N–H and O–H groups in total. The van der Waals surface area contributed by atoms with Crippen molar-refractivity contribution in [3.63, 3.8) is 0 Å². The minimum absolute atomic E-state index is 0.305. The summed E-state index contributed by atoms with van der Waals surface area (Å²) in [5.41, 5.74) is 2.96. The molecule has 0 bridgehead atoms. The van der Waals surface area contributed by atoms with Crippen molar-refractivity contribution in [2.45, 2.75) is 38.6 Å². The second kappa shape index (κ2) is 6.50. The summed E-state index contributed by atoms with van der Waals surface area (Å²) in [4.78, 5) is 13.0. The summed E-state index contributed by atoms with van der Waals surface area (Å²) in [5.74, 6) is 0.380. The number of hydrogen-bond acceptors (Lipinski definition) is 5. The average Bonchev–Trinajstić information content (AvgIpc) is 2.98. The van der Waals surface area contributed by atoms with Crippen LogP contribution in [-0.2, 0) is 11.2 Å². The largest absolute Gasteiger partial charge is 0.356 e. The lowest BCUT2D eigenvalue weighted by atomic mass is 9.88. The highest BCUT2D eigenvalue weighted by atomic mass is 16.3. The Kier molecular flexibility index (Phi) is 4.19. The molecule has 2 aromatic heterocycles. The van der Waals surface area contributed by atoms with Crippen molar-refractivity contribution in [1.29, 1.82) is 0 Å². The number of anilines is 1. The molecule has 1 fully saturated rings. The average molecular weight is 341 g/mol. The van der Waals surface area contributed by atoms with Gasteiger partial charge in [-0.25, -0.2) is 4.52 Å². The molecule has 4 rings (SSSR count). The highest BCUT2D eigenvalue weighted by Crippen LogP contribution is 2.27. The predicted octanol–water partition coefficient (Wildman–Crippen LogP) is 0.991. The van der Waals surface area contributed by atoms with Crippen LogP contribution >= 0.6 is 0 Å². The quantitative estimate of drug-likeness (QED) is 0.776. The first kappa shape index (κ1) is 16.1. The van der Waals surface area contributed by atoms with Crippen LogP contribution in [0, 0.1) is 5.92 Å². The van der Waals surface area contributed by atoms with E-state index in [4.69, 9.17) is 0 Å². The molecule has 0 aromatic carbocycles. The molecule has 7 heteroatoms. The van der Waals surface area contributed by atoms with Gasteiger partial charge in [-0.05, 0) is 56.3 Å². The van der Waals surface area contributed by atoms with Gasteiger partial charge in [0.2, 0.25) is 12.3 Å². The number of nitrogens with one attached hydrogen (secondary N) is 2. The molecule has 1 unspecified atom stereocenters. The van der Waals surface area contributed by atoms with Crippen LogP contribution in [-0.4, -0.2) is 39.6 Å². The summed E-state index contributed by atoms with van der Waals surface area (Å²) in [6, 6.07) is 4.82. The van der Waals surface area contributed by atoms with Gasteiger partial charge in [0.25, 0.3) is 0 Å². The maximum atomic E-state index is 11.3. The van der Waals surface area contributed by atoms with E-state index in [2.05, 4.69) is 34.8 Å². The monoisotopic (exact) mass is 341 g/mol. The second-order valence-electron chi connectivity index (χ2n) is 6.95. The van der Waals surface area contributed by atoms with Crippen LogP contribution in [0.4, 0.5) is 5.69 Å². The van der Waals surface area contributed by atoms with Gasteiger partial charge < -0.3 is 20.6 Å². The third-order valence-electron chi connectivity index (χ3n) is 5.02. The van der Waals surface area contributed by atoms with E-state index >= 15 is 0 Å². The van der Waals surface area contributed by atoms with Gasteiger partial charge >= 0.3 is 0 Å². The number of carbonyl (C=O) groups excluding carboxylic acids is 1. The van der Waals surface area contributed by atoms with Gasteiger partial charge in [-0.15, -0.1) is 0 Å². The Bertz CT molecular complexity index is 815. The minimum Gasteiger partial charge on any atom is -0.356 e. The third-order valence-corrected chi connectivity index (χ3v) is 5.02. The molecule has 4 heterocycles. The Labute approximate surface area is 146 Å². The first-order valence-electron chi connectivity index (χ1n) is 8.75. The number of aliphatic hydroxyl groups excluding tert-OH is 1. The van der Waals surface area contributed by atoms with Gasteiger partial charge in [-0.3, -0.25) is 4.79 Å². The summed E-state index contributed by atoms with van der Waals surface area (Å²) in [6.07, 6.45) is 8.99. The topological polar surface area (TPSA) is 81.9 Å². The van der Waals surface area contributed by atoms with Gasteiger partial charge in [-0.2, -0.15) is 5.10 Å². The molecular formula is C18H23N5O2. The first-order valence-corrected chi connectivity index (χ1v) is 8.75. The number of aromatic nitrogens is 2. The van der Waals surface area contributed by atoms with Crippen molar-refractivity contribution in [3.8, 4) is 0 Å². The van der Waals surface area contributed by atoms with E-state index in [-0.39, 0.29) is 5.91 Å². The van der Waals surface area contributed by atoms with E-state index in [0.717, 1.165) is 24.2 Å². The summed E-state index contributed by atoms with van der Waals surface area (Å²) in [6.45, 7) is 3.32. The van der Waals surface area contributed by atoms with E-state index in [1.165, 1.54) is 24.5 Å². The van der Waals surface area contributed by atoms with Crippen molar-refractivity contribution in [1.82, 2.24) is 20.2 Å². The second-order valence-corrected chi connectivity index (χ2v) is 6.95. The molecule has 25 heavy (non-hydrogen) atoms.